The molecule has 0 aliphatic carbocycles. The lowest BCUT2D eigenvalue weighted by atomic mass is 9.97. The highest BCUT2D eigenvalue weighted by Gasteiger charge is 2.14. The number of methoxy groups -OCH3 is 1. The quantitative estimate of drug-likeness (QED) is 0.818. The van der Waals surface area contributed by atoms with E-state index in [9.17, 15) is 0 Å². The second kappa shape index (κ2) is 7.84. The summed E-state index contributed by atoms with van der Waals surface area (Å²) in [7, 11) is 1.74. The minimum Gasteiger partial charge on any atom is -0.496 e. The molecule has 2 aromatic carbocycles. The van der Waals surface area contributed by atoms with Gasteiger partial charge in [0.2, 0.25) is 0 Å². The smallest absolute Gasteiger partial charge is 0.122 e. The number of hydrogen-bond acceptors (Lipinski definition) is 2. The number of aryl methyl sites for hydroxylation is 1. The highest BCUT2D eigenvalue weighted by atomic mass is 16.5. The summed E-state index contributed by atoms with van der Waals surface area (Å²) in [6.45, 7) is 5.36. The average Bonchev–Trinajstić information content (AvgIpc) is 2.51. The Morgan fingerprint density at radius 1 is 1.10 bits per heavy atom. The summed E-state index contributed by atoms with van der Waals surface area (Å²) in [5, 5.41) is 3.66. The zero-order valence-electron chi connectivity index (χ0n) is 13.2. The van der Waals surface area contributed by atoms with Crippen molar-refractivity contribution in [2.45, 2.75) is 32.7 Å². The maximum absolute atomic E-state index is 5.48. The second-order valence-corrected chi connectivity index (χ2v) is 5.44. The van der Waals surface area contributed by atoms with Crippen LogP contribution in [-0.4, -0.2) is 13.7 Å². The Kier molecular flexibility index (Phi) is 5.82. The lowest BCUT2D eigenvalue weighted by molar-refractivity contribution is 0.405. The predicted molar refractivity (Wildman–Crippen MR) is 88.9 cm³/mol. The summed E-state index contributed by atoms with van der Waals surface area (Å²) < 4.78 is 5.48. The topological polar surface area (TPSA) is 21.3 Å². The second-order valence-electron chi connectivity index (χ2n) is 5.44. The normalized spacial score (nSPS) is 12.1. The summed E-state index contributed by atoms with van der Waals surface area (Å²) in [6, 6.07) is 17.3. The zero-order valence-corrected chi connectivity index (χ0v) is 13.2. The fraction of sp³-hybridized carbons (Fsp3) is 0.368. The van der Waals surface area contributed by atoms with E-state index in [-0.39, 0.29) is 0 Å². The van der Waals surface area contributed by atoms with Gasteiger partial charge in [-0.05, 0) is 43.5 Å². The number of rotatable bonds is 7. The van der Waals surface area contributed by atoms with Crippen molar-refractivity contribution in [2.24, 2.45) is 0 Å². The fourth-order valence-electron chi connectivity index (χ4n) is 2.60. The molecule has 0 aliphatic rings. The lowest BCUT2D eigenvalue weighted by Crippen LogP contribution is -2.24. The molecule has 0 aliphatic heterocycles. The number of hydrogen-bond donors (Lipinski definition) is 1. The highest BCUT2D eigenvalue weighted by Crippen LogP contribution is 2.25. The Hall–Kier alpha value is -1.80. The van der Waals surface area contributed by atoms with Crippen molar-refractivity contribution in [1.82, 2.24) is 5.32 Å². The van der Waals surface area contributed by atoms with Crippen LogP contribution in [0.4, 0.5) is 0 Å². The third-order valence-electron chi connectivity index (χ3n) is 3.70. The maximum atomic E-state index is 5.48. The minimum atomic E-state index is 0.321. The van der Waals surface area contributed by atoms with Gasteiger partial charge in [0.05, 0.1) is 7.11 Å². The van der Waals surface area contributed by atoms with Gasteiger partial charge in [-0.2, -0.15) is 0 Å². The van der Waals surface area contributed by atoms with Crippen LogP contribution in [0.5, 0.6) is 5.75 Å². The Balaban J connectivity index is 2.24. The molecule has 1 atom stereocenters. The standard InChI is InChI=1S/C19H25NO/c1-4-12-20-18(16-10-7-8-15(2)13-16)14-17-9-5-6-11-19(17)21-3/h5-11,13,18,20H,4,12,14H2,1-3H3. The van der Waals surface area contributed by atoms with Gasteiger partial charge in [-0.1, -0.05) is 55.0 Å². The first-order valence-corrected chi connectivity index (χ1v) is 7.66. The molecule has 112 valence electrons. The first-order valence-electron chi connectivity index (χ1n) is 7.66. The van der Waals surface area contributed by atoms with E-state index in [0.29, 0.717) is 6.04 Å². The largest absolute Gasteiger partial charge is 0.496 e. The van der Waals surface area contributed by atoms with Crippen LogP contribution in [0.25, 0.3) is 0 Å². The van der Waals surface area contributed by atoms with E-state index in [4.69, 9.17) is 4.74 Å². The number of benzene rings is 2. The molecule has 0 heterocycles. The molecular weight excluding hydrogens is 258 g/mol. The fourth-order valence-corrected chi connectivity index (χ4v) is 2.60. The summed E-state index contributed by atoms with van der Waals surface area (Å²) in [4.78, 5) is 0. The highest BCUT2D eigenvalue weighted by molar-refractivity contribution is 5.35. The van der Waals surface area contributed by atoms with Crippen molar-refractivity contribution in [2.75, 3.05) is 13.7 Å². The third-order valence-corrected chi connectivity index (χ3v) is 3.70. The average molecular weight is 283 g/mol. The molecule has 0 saturated carbocycles. The summed E-state index contributed by atoms with van der Waals surface area (Å²) in [5.74, 6) is 0.966. The van der Waals surface area contributed by atoms with E-state index in [1.165, 1.54) is 16.7 Å². The molecule has 0 spiro atoms. The monoisotopic (exact) mass is 283 g/mol. The summed E-state index contributed by atoms with van der Waals surface area (Å²) >= 11 is 0. The summed E-state index contributed by atoms with van der Waals surface area (Å²) in [6.07, 6.45) is 2.07. The molecule has 2 nitrogen and oxygen atoms in total. The first-order chi connectivity index (χ1) is 10.2. The van der Waals surface area contributed by atoms with Crippen molar-refractivity contribution in [3.05, 3.63) is 65.2 Å². The third kappa shape index (κ3) is 4.33. The predicted octanol–water partition coefficient (Wildman–Crippen LogP) is 4.29. The Morgan fingerprint density at radius 3 is 2.62 bits per heavy atom. The Morgan fingerprint density at radius 2 is 1.90 bits per heavy atom. The van der Waals surface area contributed by atoms with E-state index in [1.807, 2.05) is 12.1 Å². The minimum absolute atomic E-state index is 0.321. The van der Waals surface area contributed by atoms with Gasteiger partial charge < -0.3 is 10.1 Å². The van der Waals surface area contributed by atoms with E-state index in [2.05, 4.69) is 55.6 Å². The molecule has 2 aromatic rings. The van der Waals surface area contributed by atoms with Crippen LogP contribution in [0.1, 0.15) is 36.1 Å². The molecular formula is C19H25NO. The molecule has 1 N–H and O–H groups in total. The van der Waals surface area contributed by atoms with Gasteiger partial charge in [0, 0.05) is 6.04 Å². The molecule has 0 amide bonds. The Labute approximate surface area is 128 Å². The van der Waals surface area contributed by atoms with Gasteiger partial charge in [0.25, 0.3) is 0 Å². The van der Waals surface area contributed by atoms with Crippen molar-refractivity contribution >= 4 is 0 Å². The van der Waals surface area contributed by atoms with Crippen LogP contribution in [0.2, 0.25) is 0 Å². The van der Waals surface area contributed by atoms with Gasteiger partial charge in [0.1, 0.15) is 5.75 Å². The molecule has 1 unspecified atom stereocenters. The van der Waals surface area contributed by atoms with E-state index in [1.54, 1.807) is 7.11 Å². The number of nitrogens with one attached hydrogen (secondary N) is 1. The van der Waals surface area contributed by atoms with Crippen LogP contribution in [0, 0.1) is 6.92 Å². The molecule has 0 saturated heterocycles. The number of ether oxygens (including phenoxy) is 1. The zero-order chi connectivity index (χ0) is 15.1. The maximum Gasteiger partial charge on any atom is 0.122 e. The SMILES string of the molecule is CCCNC(Cc1ccccc1OC)c1cccc(C)c1. The van der Waals surface area contributed by atoms with Gasteiger partial charge in [-0.25, -0.2) is 0 Å². The van der Waals surface area contributed by atoms with Gasteiger partial charge in [-0.15, -0.1) is 0 Å². The van der Waals surface area contributed by atoms with E-state index < -0.39 is 0 Å². The van der Waals surface area contributed by atoms with E-state index >= 15 is 0 Å². The van der Waals surface area contributed by atoms with Gasteiger partial charge >= 0.3 is 0 Å². The molecule has 2 rings (SSSR count). The number of para-hydroxylation sites is 1. The summed E-state index contributed by atoms with van der Waals surface area (Å²) in [5.41, 5.74) is 3.89. The van der Waals surface area contributed by atoms with Crippen LogP contribution >= 0.6 is 0 Å². The lowest BCUT2D eigenvalue weighted by Gasteiger charge is -2.21. The molecule has 0 bridgehead atoms. The van der Waals surface area contributed by atoms with Crippen LogP contribution < -0.4 is 10.1 Å². The van der Waals surface area contributed by atoms with Crippen molar-refractivity contribution in [3.8, 4) is 5.75 Å². The van der Waals surface area contributed by atoms with Crippen LogP contribution in [0.3, 0.4) is 0 Å². The van der Waals surface area contributed by atoms with Crippen LogP contribution in [0.15, 0.2) is 48.5 Å². The first kappa shape index (κ1) is 15.6. The molecule has 0 fully saturated rings. The molecule has 2 heteroatoms. The van der Waals surface area contributed by atoms with Gasteiger partial charge in [0.15, 0.2) is 0 Å². The molecule has 0 aromatic heterocycles. The van der Waals surface area contributed by atoms with Crippen LogP contribution in [-0.2, 0) is 6.42 Å². The molecule has 21 heavy (non-hydrogen) atoms. The van der Waals surface area contributed by atoms with Gasteiger partial charge in [-0.3, -0.25) is 0 Å². The van der Waals surface area contributed by atoms with Crippen molar-refractivity contribution < 1.29 is 4.74 Å². The van der Waals surface area contributed by atoms with E-state index in [0.717, 1.165) is 25.1 Å². The Bertz CT molecular complexity index is 565. The van der Waals surface area contributed by atoms with Crippen molar-refractivity contribution in [3.63, 3.8) is 0 Å². The van der Waals surface area contributed by atoms with Crippen molar-refractivity contribution in [1.29, 1.82) is 0 Å². The molecule has 0 radical (unpaired) electrons.